The summed E-state index contributed by atoms with van der Waals surface area (Å²) in [5.41, 5.74) is 0. The molecule has 9 nitrogen and oxygen atoms in total. The average Bonchev–Trinajstić information content (AvgIpc) is 3.14. The molecular formula is C19H31N3O6. The van der Waals surface area contributed by atoms with E-state index < -0.39 is 5.79 Å². The fraction of sp³-hybridized carbons (Fsp3) is 0.842. The molecule has 3 aliphatic rings. The predicted molar refractivity (Wildman–Crippen MR) is 99.5 cm³/mol. The van der Waals surface area contributed by atoms with Gasteiger partial charge < -0.3 is 28.9 Å². The smallest absolute Gasteiger partial charge is 0.409 e. The van der Waals surface area contributed by atoms with E-state index in [0.717, 1.165) is 0 Å². The summed E-state index contributed by atoms with van der Waals surface area (Å²) in [5.74, 6) is -0.675. The SMILES string of the molecule is CCOC(=O)N1CCC(N(CC(=O)N2CCC3(CC2)OCCO3)C(C)=O)CC1. The van der Waals surface area contributed by atoms with Crippen LogP contribution in [0.1, 0.15) is 39.5 Å². The maximum Gasteiger partial charge on any atom is 0.409 e. The number of rotatable bonds is 4. The highest BCUT2D eigenvalue weighted by Crippen LogP contribution is 2.31. The Morgan fingerprint density at radius 1 is 1.04 bits per heavy atom. The van der Waals surface area contributed by atoms with Crippen molar-refractivity contribution >= 4 is 17.9 Å². The van der Waals surface area contributed by atoms with Crippen LogP contribution in [0, 0.1) is 0 Å². The van der Waals surface area contributed by atoms with E-state index >= 15 is 0 Å². The Labute approximate surface area is 165 Å². The highest BCUT2D eigenvalue weighted by atomic mass is 16.7. The summed E-state index contributed by atoms with van der Waals surface area (Å²) >= 11 is 0. The molecule has 0 radical (unpaired) electrons. The minimum atomic E-state index is -0.517. The second-order valence-electron chi connectivity index (χ2n) is 7.55. The van der Waals surface area contributed by atoms with Crippen LogP contribution in [0.3, 0.4) is 0 Å². The zero-order valence-corrected chi connectivity index (χ0v) is 16.9. The molecule has 158 valence electrons. The molecular weight excluding hydrogens is 366 g/mol. The third-order valence-corrected chi connectivity index (χ3v) is 5.83. The van der Waals surface area contributed by atoms with Crippen LogP contribution in [0.2, 0.25) is 0 Å². The van der Waals surface area contributed by atoms with Crippen LogP contribution in [0.25, 0.3) is 0 Å². The summed E-state index contributed by atoms with van der Waals surface area (Å²) in [7, 11) is 0. The molecule has 0 bridgehead atoms. The van der Waals surface area contributed by atoms with Gasteiger partial charge in [0, 0.05) is 52.0 Å². The maximum absolute atomic E-state index is 12.8. The number of carbonyl (C=O) groups is 3. The molecule has 0 aromatic carbocycles. The van der Waals surface area contributed by atoms with Gasteiger partial charge in [-0.25, -0.2) is 4.79 Å². The molecule has 3 amide bonds. The van der Waals surface area contributed by atoms with Crippen molar-refractivity contribution in [3.8, 4) is 0 Å². The number of carbonyl (C=O) groups excluding carboxylic acids is 3. The molecule has 28 heavy (non-hydrogen) atoms. The Morgan fingerprint density at radius 2 is 1.64 bits per heavy atom. The molecule has 3 aliphatic heterocycles. The third-order valence-electron chi connectivity index (χ3n) is 5.83. The zero-order valence-electron chi connectivity index (χ0n) is 16.9. The molecule has 3 rings (SSSR count). The lowest BCUT2D eigenvalue weighted by Gasteiger charge is -2.40. The fourth-order valence-corrected chi connectivity index (χ4v) is 4.20. The van der Waals surface area contributed by atoms with Gasteiger partial charge in [0.15, 0.2) is 5.79 Å². The largest absolute Gasteiger partial charge is 0.450 e. The highest BCUT2D eigenvalue weighted by molar-refractivity contribution is 5.84. The molecule has 3 heterocycles. The number of piperidine rings is 2. The van der Waals surface area contributed by atoms with E-state index in [-0.39, 0.29) is 30.5 Å². The zero-order chi connectivity index (χ0) is 20.1. The Balaban J connectivity index is 1.50. The lowest BCUT2D eigenvalue weighted by molar-refractivity contribution is -0.188. The topological polar surface area (TPSA) is 88.6 Å². The van der Waals surface area contributed by atoms with E-state index in [1.807, 2.05) is 0 Å². The van der Waals surface area contributed by atoms with Gasteiger partial charge >= 0.3 is 6.09 Å². The van der Waals surface area contributed by atoms with Gasteiger partial charge in [0.05, 0.1) is 26.4 Å². The first kappa shape index (κ1) is 20.9. The van der Waals surface area contributed by atoms with Gasteiger partial charge in [-0.3, -0.25) is 9.59 Å². The molecule has 0 saturated carbocycles. The summed E-state index contributed by atoms with van der Waals surface area (Å²) in [6, 6.07) is -0.0373. The molecule has 0 aromatic rings. The first-order valence-corrected chi connectivity index (χ1v) is 10.2. The molecule has 0 N–H and O–H groups in total. The van der Waals surface area contributed by atoms with Crippen molar-refractivity contribution in [1.82, 2.24) is 14.7 Å². The summed E-state index contributed by atoms with van der Waals surface area (Å²) in [6.45, 7) is 7.13. The summed E-state index contributed by atoms with van der Waals surface area (Å²) < 4.78 is 16.4. The van der Waals surface area contributed by atoms with Gasteiger partial charge in [0.25, 0.3) is 0 Å². The van der Waals surface area contributed by atoms with Crippen molar-refractivity contribution < 1.29 is 28.6 Å². The van der Waals surface area contributed by atoms with Crippen molar-refractivity contribution in [2.45, 2.75) is 51.4 Å². The first-order chi connectivity index (χ1) is 13.4. The molecule has 3 fully saturated rings. The maximum atomic E-state index is 12.8. The van der Waals surface area contributed by atoms with Crippen LogP contribution in [0.4, 0.5) is 4.79 Å². The first-order valence-electron chi connectivity index (χ1n) is 10.2. The lowest BCUT2D eigenvalue weighted by atomic mass is 10.0. The van der Waals surface area contributed by atoms with E-state index in [1.165, 1.54) is 6.92 Å². The average molecular weight is 397 g/mol. The number of hydrogen-bond donors (Lipinski definition) is 0. The molecule has 0 aromatic heterocycles. The number of likely N-dealkylation sites (tertiary alicyclic amines) is 2. The van der Waals surface area contributed by atoms with Crippen molar-refractivity contribution in [3.63, 3.8) is 0 Å². The van der Waals surface area contributed by atoms with Crippen LogP contribution in [0.15, 0.2) is 0 Å². The standard InChI is InChI=1S/C19H31N3O6/c1-3-26-18(25)21-8-4-16(5-9-21)22(15(2)23)14-17(24)20-10-6-19(7-11-20)27-12-13-28-19/h16H,3-14H2,1-2H3. The van der Waals surface area contributed by atoms with Crippen LogP contribution in [-0.4, -0.2) is 97.0 Å². The van der Waals surface area contributed by atoms with Gasteiger partial charge in [-0.1, -0.05) is 0 Å². The van der Waals surface area contributed by atoms with E-state index in [9.17, 15) is 14.4 Å². The lowest BCUT2D eigenvalue weighted by Crippen LogP contribution is -2.53. The van der Waals surface area contributed by atoms with Gasteiger partial charge in [0.1, 0.15) is 0 Å². The number of ether oxygens (including phenoxy) is 3. The second-order valence-corrected chi connectivity index (χ2v) is 7.55. The quantitative estimate of drug-likeness (QED) is 0.698. The van der Waals surface area contributed by atoms with Gasteiger partial charge in [-0.2, -0.15) is 0 Å². The van der Waals surface area contributed by atoms with E-state index in [2.05, 4.69) is 0 Å². The normalized spacial score (nSPS) is 22.4. The highest BCUT2D eigenvalue weighted by Gasteiger charge is 2.41. The van der Waals surface area contributed by atoms with Gasteiger partial charge in [0.2, 0.25) is 11.8 Å². The van der Waals surface area contributed by atoms with E-state index in [1.54, 1.807) is 21.6 Å². The number of amides is 3. The number of hydrogen-bond acceptors (Lipinski definition) is 6. The molecule has 0 aliphatic carbocycles. The molecule has 0 atom stereocenters. The van der Waals surface area contributed by atoms with E-state index in [4.69, 9.17) is 14.2 Å². The van der Waals surface area contributed by atoms with Crippen LogP contribution in [0.5, 0.6) is 0 Å². The van der Waals surface area contributed by atoms with Crippen LogP contribution in [-0.2, 0) is 23.8 Å². The molecule has 9 heteroatoms. The van der Waals surface area contributed by atoms with Gasteiger partial charge in [-0.15, -0.1) is 0 Å². The van der Waals surface area contributed by atoms with Gasteiger partial charge in [-0.05, 0) is 19.8 Å². The van der Waals surface area contributed by atoms with Crippen molar-refractivity contribution in [2.24, 2.45) is 0 Å². The van der Waals surface area contributed by atoms with Crippen molar-refractivity contribution in [1.29, 1.82) is 0 Å². The monoisotopic (exact) mass is 397 g/mol. The molecule has 0 unspecified atom stereocenters. The minimum Gasteiger partial charge on any atom is -0.450 e. The Kier molecular flexibility index (Phi) is 6.77. The van der Waals surface area contributed by atoms with Crippen molar-refractivity contribution in [2.75, 3.05) is 52.5 Å². The summed E-state index contributed by atoms with van der Waals surface area (Å²) in [6.07, 6.45) is 2.31. The third kappa shape index (κ3) is 4.75. The van der Waals surface area contributed by atoms with Crippen LogP contribution >= 0.6 is 0 Å². The Hall–Kier alpha value is -1.87. The minimum absolute atomic E-state index is 0.0373. The summed E-state index contributed by atoms with van der Waals surface area (Å²) in [4.78, 5) is 41.9. The Bertz CT molecular complexity index is 574. The van der Waals surface area contributed by atoms with Crippen LogP contribution < -0.4 is 0 Å². The fourth-order valence-electron chi connectivity index (χ4n) is 4.20. The predicted octanol–water partition coefficient (Wildman–Crippen LogP) is 0.821. The summed E-state index contributed by atoms with van der Waals surface area (Å²) in [5, 5.41) is 0. The van der Waals surface area contributed by atoms with Crippen molar-refractivity contribution in [3.05, 3.63) is 0 Å². The second kappa shape index (κ2) is 9.09. The number of nitrogens with zero attached hydrogens (tertiary/aromatic N) is 3. The molecule has 1 spiro atoms. The molecule has 3 saturated heterocycles. The van der Waals surface area contributed by atoms with E-state index in [0.29, 0.717) is 71.7 Å². The Morgan fingerprint density at radius 3 is 2.18 bits per heavy atom.